The van der Waals surface area contributed by atoms with Crippen LogP contribution in [0.25, 0.3) is 43.8 Å². The lowest BCUT2D eigenvalue weighted by Gasteiger charge is -2.08. The summed E-state index contributed by atoms with van der Waals surface area (Å²) in [5, 5.41) is 4.87. The zero-order valence-corrected chi connectivity index (χ0v) is 13.4. The third-order valence-corrected chi connectivity index (χ3v) is 4.70. The number of benzene rings is 4. The number of fused-ring (bicyclic) bond motifs is 4. The van der Waals surface area contributed by atoms with E-state index in [4.69, 9.17) is 4.42 Å². The maximum Gasteiger partial charge on any atom is 0.143 e. The molecule has 5 aromatic rings. The van der Waals surface area contributed by atoms with Crippen LogP contribution < -0.4 is 0 Å². The zero-order valence-electron chi connectivity index (χ0n) is 13.4. The Kier molecular flexibility index (Phi) is 2.77. The van der Waals surface area contributed by atoms with Crippen LogP contribution in [0.4, 0.5) is 0 Å². The van der Waals surface area contributed by atoms with Crippen LogP contribution in [0.15, 0.2) is 83.3 Å². The second-order valence-corrected chi connectivity index (χ2v) is 6.31. The van der Waals surface area contributed by atoms with E-state index >= 15 is 0 Å². The van der Waals surface area contributed by atoms with Crippen LogP contribution in [0.1, 0.15) is 5.56 Å². The first-order valence-electron chi connectivity index (χ1n) is 8.21. The van der Waals surface area contributed by atoms with E-state index in [-0.39, 0.29) is 0 Å². The number of hydrogen-bond acceptors (Lipinski definition) is 1. The van der Waals surface area contributed by atoms with Crippen molar-refractivity contribution in [3.05, 3.63) is 84.4 Å². The van der Waals surface area contributed by atoms with Crippen LogP contribution in [-0.2, 0) is 0 Å². The fourth-order valence-electron chi connectivity index (χ4n) is 3.63. The summed E-state index contributed by atoms with van der Waals surface area (Å²) < 4.78 is 6.24. The summed E-state index contributed by atoms with van der Waals surface area (Å²) in [6, 6.07) is 27.7. The molecule has 0 aliphatic heterocycles. The first-order chi connectivity index (χ1) is 11.8. The van der Waals surface area contributed by atoms with Gasteiger partial charge in [-0.05, 0) is 47.0 Å². The van der Waals surface area contributed by atoms with Gasteiger partial charge in [0.05, 0.1) is 0 Å². The van der Waals surface area contributed by atoms with Crippen LogP contribution in [-0.4, -0.2) is 0 Å². The Morgan fingerprint density at radius 2 is 1.38 bits per heavy atom. The molecular weight excluding hydrogens is 292 g/mol. The summed E-state index contributed by atoms with van der Waals surface area (Å²) in [5.41, 5.74) is 5.55. The van der Waals surface area contributed by atoms with Gasteiger partial charge in [0.25, 0.3) is 0 Å². The molecule has 0 N–H and O–H groups in total. The molecule has 0 radical (unpaired) electrons. The van der Waals surface area contributed by atoms with Crippen molar-refractivity contribution in [3.63, 3.8) is 0 Å². The van der Waals surface area contributed by atoms with Crippen molar-refractivity contribution in [3.8, 4) is 11.1 Å². The predicted molar refractivity (Wildman–Crippen MR) is 101 cm³/mol. The van der Waals surface area contributed by atoms with Crippen molar-refractivity contribution in [2.45, 2.75) is 6.92 Å². The fourth-order valence-corrected chi connectivity index (χ4v) is 3.63. The molecule has 0 amide bonds. The smallest absolute Gasteiger partial charge is 0.143 e. The number of para-hydroxylation sites is 1. The summed E-state index contributed by atoms with van der Waals surface area (Å²) in [5.74, 6) is 0. The molecule has 1 nitrogen and oxygen atoms in total. The van der Waals surface area contributed by atoms with E-state index < -0.39 is 0 Å². The molecule has 1 heteroatoms. The average Bonchev–Trinajstić information content (AvgIpc) is 2.99. The monoisotopic (exact) mass is 308 g/mol. The van der Waals surface area contributed by atoms with Crippen molar-refractivity contribution in [2.24, 2.45) is 0 Å². The Morgan fingerprint density at radius 1 is 0.625 bits per heavy atom. The van der Waals surface area contributed by atoms with E-state index in [2.05, 4.69) is 73.7 Å². The topological polar surface area (TPSA) is 13.1 Å². The summed E-state index contributed by atoms with van der Waals surface area (Å²) in [6.07, 6.45) is 0. The highest BCUT2D eigenvalue weighted by atomic mass is 16.3. The quantitative estimate of drug-likeness (QED) is 0.335. The SMILES string of the molecule is Cc1cc(-c2cccc3ccccc23)c2oc3ccccc3c2c1. The molecule has 0 spiro atoms. The number of furan rings is 1. The standard InChI is InChI=1S/C23H16O/c1-15-13-20(18-11-6-8-16-7-2-3-9-17(16)18)23-21(14-15)19-10-4-5-12-22(19)24-23/h2-14H,1H3. The highest BCUT2D eigenvalue weighted by Crippen LogP contribution is 2.39. The number of aryl methyl sites for hydroxylation is 1. The average molecular weight is 308 g/mol. The van der Waals surface area contributed by atoms with Crippen molar-refractivity contribution in [1.82, 2.24) is 0 Å². The second kappa shape index (κ2) is 4.97. The highest BCUT2D eigenvalue weighted by Gasteiger charge is 2.14. The van der Waals surface area contributed by atoms with Crippen molar-refractivity contribution in [1.29, 1.82) is 0 Å². The molecule has 0 atom stereocenters. The predicted octanol–water partition coefficient (Wildman–Crippen LogP) is 6.71. The largest absolute Gasteiger partial charge is 0.455 e. The zero-order chi connectivity index (χ0) is 16.1. The van der Waals surface area contributed by atoms with Gasteiger partial charge in [0.15, 0.2) is 0 Å². The lowest BCUT2D eigenvalue weighted by Crippen LogP contribution is -1.84. The van der Waals surface area contributed by atoms with Gasteiger partial charge in [-0.25, -0.2) is 0 Å². The molecule has 0 saturated carbocycles. The lowest BCUT2D eigenvalue weighted by molar-refractivity contribution is 0.670. The minimum atomic E-state index is 0.944. The van der Waals surface area contributed by atoms with E-state index in [1.165, 1.54) is 32.7 Å². The van der Waals surface area contributed by atoms with Gasteiger partial charge in [-0.3, -0.25) is 0 Å². The van der Waals surface area contributed by atoms with E-state index in [1.807, 2.05) is 12.1 Å². The van der Waals surface area contributed by atoms with Gasteiger partial charge in [-0.1, -0.05) is 60.7 Å². The summed E-state index contributed by atoms with van der Waals surface area (Å²) >= 11 is 0. The Labute approximate surface area is 140 Å². The van der Waals surface area contributed by atoms with Crippen molar-refractivity contribution in [2.75, 3.05) is 0 Å². The molecule has 5 rings (SSSR count). The number of rotatable bonds is 1. The fraction of sp³-hybridized carbons (Fsp3) is 0.0435. The van der Waals surface area contributed by atoms with Gasteiger partial charge in [-0.2, -0.15) is 0 Å². The second-order valence-electron chi connectivity index (χ2n) is 6.31. The Balaban J connectivity index is 1.95. The Bertz CT molecular complexity index is 1210. The molecule has 0 aliphatic carbocycles. The first-order valence-corrected chi connectivity index (χ1v) is 8.21. The molecule has 24 heavy (non-hydrogen) atoms. The summed E-state index contributed by atoms with van der Waals surface area (Å²) in [6.45, 7) is 2.15. The summed E-state index contributed by atoms with van der Waals surface area (Å²) in [4.78, 5) is 0. The van der Waals surface area contributed by atoms with Crippen LogP contribution in [0, 0.1) is 6.92 Å². The molecule has 0 fully saturated rings. The Hall–Kier alpha value is -3.06. The third kappa shape index (κ3) is 1.88. The van der Waals surface area contributed by atoms with Crippen LogP contribution >= 0.6 is 0 Å². The van der Waals surface area contributed by atoms with Gasteiger partial charge in [0.1, 0.15) is 11.2 Å². The molecule has 1 aromatic heterocycles. The highest BCUT2D eigenvalue weighted by molar-refractivity contribution is 6.12. The molecule has 0 aliphatic rings. The molecule has 0 bridgehead atoms. The molecular formula is C23H16O. The molecule has 0 saturated heterocycles. The Morgan fingerprint density at radius 3 is 2.29 bits per heavy atom. The molecule has 0 unspecified atom stereocenters. The normalized spacial score (nSPS) is 11.5. The van der Waals surface area contributed by atoms with Gasteiger partial charge in [0, 0.05) is 16.3 Å². The third-order valence-electron chi connectivity index (χ3n) is 4.70. The van der Waals surface area contributed by atoms with E-state index in [1.54, 1.807) is 0 Å². The van der Waals surface area contributed by atoms with Gasteiger partial charge < -0.3 is 4.42 Å². The van der Waals surface area contributed by atoms with Crippen LogP contribution in [0.3, 0.4) is 0 Å². The van der Waals surface area contributed by atoms with Crippen LogP contribution in [0.5, 0.6) is 0 Å². The van der Waals surface area contributed by atoms with Crippen LogP contribution in [0.2, 0.25) is 0 Å². The summed E-state index contributed by atoms with van der Waals surface area (Å²) in [7, 11) is 0. The molecule has 4 aromatic carbocycles. The molecule has 1 heterocycles. The van der Waals surface area contributed by atoms with E-state index in [0.29, 0.717) is 0 Å². The minimum Gasteiger partial charge on any atom is -0.455 e. The number of hydrogen-bond donors (Lipinski definition) is 0. The van der Waals surface area contributed by atoms with E-state index in [0.717, 1.165) is 16.7 Å². The minimum absolute atomic E-state index is 0.944. The maximum atomic E-state index is 6.24. The van der Waals surface area contributed by atoms with Gasteiger partial charge in [0.2, 0.25) is 0 Å². The van der Waals surface area contributed by atoms with E-state index in [9.17, 15) is 0 Å². The first kappa shape index (κ1) is 13.4. The lowest BCUT2D eigenvalue weighted by atomic mass is 9.95. The van der Waals surface area contributed by atoms with Crippen molar-refractivity contribution >= 4 is 32.7 Å². The maximum absolute atomic E-state index is 6.24. The van der Waals surface area contributed by atoms with Crippen molar-refractivity contribution < 1.29 is 4.42 Å². The van der Waals surface area contributed by atoms with Gasteiger partial charge >= 0.3 is 0 Å². The molecule has 114 valence electrons. The van der Waals surface area contributed by atoms with Gasteiger partial charge in [-0.15, -0.1) is 0 Å².